The van der Waals surface area contributed by atoms with Crippen LogP contribution in [-0.4, -0.2) is 56.9 Å². The Bertz CT molecular complexity index is 981. The summed E-state index contributed by atoms with van der Waals surface area (Å²) in [4.78, 5) is 23.1. The van der Waals surface area contributed by atoms with Crippen molar-refractivity contribution in [1.29, 1.82) is 0 Å². The number of carbonyl (C=O) groups is 1. The van der Waals surface area contributed by atoms with Crippen LogP contribution in [0, 0.1) is 0 Å². The van der Waals surface area contributed by atoms with E-state index in [0.717, 1.165) is 24.2 Å². The third kappa shape index (κ3) is 4.06. The van der Waals surface area contributed by atoms with E-state index in [2.05, 4.69) is 15.1 Å². The maximum atomic E-state index is 13.1. The molecule has 3 aromatic rings. The fourth-order valence-electron chi connectivity index (χ4n) is 3.51. The second kappa shape index (κ2) is 8.30. The molecule has 0 N–H and O–H groups in total. The highest BCUT2D eigenvalue weighted by Gasteiger charge is 2.27. The minimum absolute atomic E-state index is 0.0286. The molecule has 0 unspecified atom stereocenters. The fraction of sp³-hybridized carbons (Fsp3) is 0.333. The Morgan fingerprint density at radius 1 is 1.17 bits per heavy atom. The summed E-state index contributed by atoms with van der Waals surface area (Å²) in [6.07, 6.45) is 6.36. The van der Waals surface area contributed by atoms with Crippen LogP contribution in [0.4, 0.5) is 0 Å². The van der Waals surface area contributed by atoms with Gasteiger partial charge in [-0.1, -0.05) is 12.1 Å². The highest BCUT2D eigenvalue weighted by molar-refractivity contribution is 5.94. The van der Waals surface area contributed by atoms with Gasteiger partial charge in [-0.05, 0) is 18.2 Å². The number of para-hydroxylation sites is 1. The second-order valence-electron chi connectivity index (χ2n) is 6.89. The number of piperidine rings is 1. The zero-order chi connectivity index (χ0) is 20.2. The summed E-state index contributed by atoms with van der Waals surface area (Å²) in [6.45, 7) is 1.25. The molecule has 4 rings (SSSR count). The van der Waals surface area contributed by atoms with Crippen LogP contribution in [0.2, 0.25) is 0 Å². The molecule has 0 bridgehead atoms. The molecule has 0 radical (unpaired) electrons. The lowest BCUT2D eigenvalue weighted by Crippen LogP contribution is -2.42. The average molecular weight is 393 g/mol. The lowest BCUT2D eigenvalue weighted by molar-refractivity contribution is 0.0577. The summed E-state index contributed by atoms with van der Waals surface area (Å²) < 4.78 is 12.9. The van der Waals surface area contributed by atoms with Crippen LogP contribution >= 0.6 is 0 Å². The SMILES string of the molecule is COc1ccccc1-c1cc(C(=O)N2CCC(Oc3cnccn3)CC2)n(C)n1. The molecule has 3 heterocycles. The van der Waals surface area contributed by atoms with E-state index in [1.165, 1.54) is 0 Å². The molecule has 1 aliphatic rings. The van der Waals surface area contributed by atoms with Gasteiger partial charge in [0.25, 0.3) is 5.91 Å². The summed E-state index contributed by atoms with van der Waals surface area (Å²) in [7, 11) is 3.41. The van der Waals surface area contributed by atoms with Crippen molar-refractivity contribution in [3.8, 4) is 22.9 Å². The maximum Gasteiger partial charge on any atom is 0.272 e. The van der Waals surface area contributed by atoms with Crippen molar-refractivity contribution < 1.29 is 14.3 Å². The van der Waals surface area contributed by atoms with Crippen molar-refractivity contribution >= 4 is 5.91 Å². The number of amides is 1. The van der Waals surface area contributed by atoms with E-state index in [-0.39, 0.29) is 12.0 Å². The molecule has 1 fully saturated rings. The van der Waals surface area contributed by atoms with Crippen molar-refractivity contribution in [3.63, 3.8) is 0 Å². The Morgan fingerprint density at radius 2 is 1.97 bits per heavy atom. The maximum absolute atomic E-state index is 13.1. The van der Waals surface area contributed by atoms with Crippen LogP contribution in [0.3, 0.4) is 0 Å². The summed E-state index contributed by atoms with van der Waals surface area (Å²) in [5, 5.41) is 4.53. The summed E-state index contributed by atoms with van der Waals surface area (Å²) in [5.74, 6) is 1.22. The monoisotopic (exact) mass is 393 g/mol. The smallest absolute Gasteiger partial charge is 0.272 e. The number of rotatable bonds is 5. The van der Waals surface area contributed by atoms with Gasteiger partial charge < -0.3 is 14.4 Å². The van der Waals surface area contributed by atoms with E-state index in [1.54, 1.807) is 37.4 Å². The third-order valence-corrected chi connectivity index (χ3v) is 5.04. The topological polar surface area (TPSA) is 82.4 Å². The lowest BCUT2D eigenvalue weighted by Gasteiger charge is -2.31. The van der Waals surface area contributed by atoms with E-state index in [0.29, 0.717) is 30.4 Å². The van der Waals surface area contributed by atoms with Crippen molar-refractivity contribution in [2.45, 2.75) is 18.9 Å². The predicted molar refractivity (Wildman–Crippen MR) is 107 cm³/mol. The predicted octanol–water partition coefficient (Wildman–Crippen LogP) is 2.57. The van der Waals surface area contributed by atoms with Crippen LogP contribution in [0.5, 0.6) is 11.6 Å². The molecule has 8 nitrogen and oxygen atoms in total. The Hall–Kier alpha value is -3.42. The molecule has 1 saturated heterocycles. The van der Waals surface area contributed by atoms with Gasteiger partial charge >= 0.3 is 0 Å². The standard InChI is InChI=1S/C21H23N5O3/c1-25-18(13-17(24-25)16-5-3-4-6-19(16)28-2)21(27)26-11-7-15(8-12-26)29-20-14-22-9-10-23-20/h3-6,9-10,13-15H,7-8,11-12H2,1-2H3. The molecular formula is C21H23N5O3. The first kappa shape index (κ1) is 18.9. The molecule has 29 heavy (non-hydrogen) atoms. The normalized spacial score (nSPS) is 14.6. The number of aryl methyl sites for hydroxylation is 1. The summed E-state index contributed by atoms with van der Waals surface area (Å²) in [5.41, 5.74) is 2.13. The van der Waals surface area contributed by atoms with Gasteiger partial charge in [0, 0.05) is 50.9 Å². The number of carbonyl (C=O) groups excluding carboxylic acids is 1. The average Bonchev–Trinajstić information content (AvgIpc) is 3.16. The lowest BCUT2D eigenvalue weighted by atomic mass is 10.1. The number of benzene rings is 1. The van der Waals surface area contributed by atoms with Crippen molar-refractivity contribution in [2.24, 2.45) is 7.05 Å². The first-order valence-corrected chi connectivity index (χ1v) is 9.55. The number of hydrogen-bond acceptors (Lipinski definition) is 6. The summed E-state index contributed by atoms with van der Waals surface area (Å²) in [6, 6.07) is 9.47. The largest absolute Gasteiger partial charge is 0.496 e. The van der Waals surface area contributed by atoms with Gasteiger partial charge in [0.15, 0.2) is 0 Å². The second-order valence-corrected chi connectivity index (χ2v) is 6.89. The molecule has 1 aliphatic heterocycles. The summed E-state index contributed by atoms with van der Waals surface area (Å²) >= 11 is 0. The Morgan fingerprint density at radius 3 is 2.69 bits per heavy atom. The Labute approximate surface area is 169 Å². The van der Waals surface area contributed by atoms with E-state index in [4.69, 9.17) is 9.47 Å². The van der Waals surface area contributed by atoms with Crippen LogP contribution in [0.1, 0.15) is 23.3 Å². The molecular weight excluding hydrogens is 370 g/mol. The quantitative estimate of drug-likeness (QED) is 0.663. The van der Waals surface area contributed by atoms with Gasteiger partial charge in [0.05, 0.1) is 19.0 Å². The number of methoxy groups -OCH3 is 1. The minimum Gasteiger partial charge on any atom is -0.496 e. The van der Waals surface area contributed by atoms with E-state index >= 15 is 0 Å². The molecule has 150 valence electrons. The zero-order valence-electron chi connectivity index (χ0n) is 16.5. The number of ether oxygens (including phenoxy) is 2. The molecule has 2 aromatic heterocycles. The number of likely N-dealkylation sites (tertiary alicyclic amines) is 1. The molecule has 0 saturated carbocycles. The van der Waals surface area contributed by atoms with E-state index in [9.17, 15) is 4.79 Å². The molecule has 0 atom stereocenters. The fourth-order valence-corrected chi connectivity index (χ4v) is 3.51. The highest BCUT2D eigenvalue weighted by Crippen LogP contribution is 2.29. The van der Waals surface area contributed by atoms with Crippen LogP contribution in [0.25, 0.3) is 11.3 Å². The Balaban J connectivity index is 1.43. The zero-order valence-corrected chi connectivity index (χ0v) is 16.5. The first-order valence-electron chi connectivity index (χ1n) is 9.55. The van der Waals surface area contributed by atoms with Gasteiger partial charge in [-0.3, -0.25) is 14.5 Å². The molecule has 1 amide bonds. The number of nitrogens with zero attached hydrogens (tertiary/aromatic N) is 5. The molecule has 0 aliphatic carbocycles. The van der Waals surface area contributed by atoms with Crippen LogP contribution in [0.15, 0.2) is 48.9 Å². The van der Waals surface area contributed by atoms with Crippen molar-refractivity contribution in [3.05, 3.63) is 54.6 Å². The molecule has 1 aromatic carbocycles. The van der Waals surface area contributed by atoms with Gasteiger partial charge in [-0.15, -0.1) is 0 Å². The van der Waals surface area contributed by atoms with Crippen LogP contribution in [-0.2, 0) is 7.05 Å². The Kier molecular flexibility index (Phi) is 5.41. The van der Waals surface area contributed by atoms with Gasteiger partial charge in [0.2, 0.25) is 5.88 Å². The third-order valence-electron chi connectivity index (χ3n) is 5.04. The first-order chi connectivity index (χ1) is 14.2. The minimum atomic E-state index is -0.0286. The molecule has 8 heteroatoms. The van der Waals surface area contributed by atoms with E-state index < -0.39 is 0 Å². The van der Waals surface area contributed by atoms with Gasteiger partial charge in [-0.2, -0.15) is 5.10 Å². The highest BCUT2D eigenvalue weighted by atomic mass is 16.5. The molecule has 0 spiro atoms. The van der Waals surface area contributed by atoms with Gasteiger partial charge in [-0.25, -0.2) is 4.98 Å². The van der Waals surface area contributed by atoms with Crippen LogP contribution < -0.4 is 9.47 Å². The van der Waals surface area contributed by atoms with E-state index in [1.807, 2.05) is 35.2 Å². The van der Waals surface area contributed by atoms with Gasteiger partial charge in [0.1, 0.15) is 17.5 Å². The van der Waals surface area contributed by atoms with Crippen molar-refractivity contribution in [2.75, 3.05) is 20.2 Å². The van der Waals surface area contributed by atoms with Crippen molar-refractivity contribution in [1.82, 2.24) is 24.6 Å². The number of aromatic nitrogens is 4. The number of hydrogen-bond donors (Lipinski definition) is 0.